The smallest absolute Gasteiger partial charge is 0.293 e. The highest BCUT2D eigenvalue weighted by Gasteiger charge is 2.34. The summed E-state index contributed by atoms with van der Waals surface area (Å²) >= 11 is 12.9. The van der Waals surface area contributed by atoms with Gasteiger partial charge in [0.1, 0.15) is 0 Å². The molecular formula is C18H13Cl2N3O3S. The van der Waals surface area contributed by atoms with Crippen molar-refractivity contribution in [3.63, 3.8) is 0 Å². The minimum Gasteiger partial charge on any atom is -0.350 e. The summed E-state index contributed by atoms with van der Waals surface area (Å²) in [6.07, 6.45) is 4.54. The minimum absolute atomic E-state index is 0.0668. The summed E-state index contributed by atoms with van der Waals surface area (Å²) in [5.41, 5.74) is 0.960. The Morgan fingerprint density at radius 1 is 1.22 bits per heavy atom. The largest absolute Gasteiger partial charge is 0.350 e. The molecule has 3 rings (SSSR count). The molecule has 1 aliphatic heterocycles. The number of imide groups is 1. The fraction of sp³-hybridized carbons (Fsp3) is 0.111. The average molecular weight is 422 g/mol. The predicted molar refractivity (Wildman–Crippen MR) is 106 cm³/mol. The first-order valence-corrected chi connectivity index (χ1v) is 9.42. The molecule has 0 spiro atoms. The number of aromatic nitrogens is 1. The molecule has 0 atom stereocenters. The molecule has 9 heteroatoms. The van der Waals surface area contributed by atoms with Gasteiger partial charge in [0.05, 0.1) is 20.5 Å². The van der Waals surface area contributed by atoms with Crippen LogP contribution in [0.2, 0.25) is 10.0 Å². The van der Waals surface area contributed by atoms with Gasteiger partial charge in [0.15, 0.2) is 0 Å². The van der Waals surface area contributed by atoms with Gasteiger partial charge in [-0.1, -0.05) is 35.3 Å². The summed E-state index contributed by atoms with van der Waals surface area (Å²) in [6.45, 7) is 0.203. The van der Waals surface area contributed by atoms with Crippen LogP contribution in [0.25, 0.3) is 6.08 Å². The molecular weight excluding hydrogens is 409 g/mol. The number of hydrogen-bond donors (Lipinski definition) is 1. The van der Waals surface area contributed by atoms with E-state index < -0.39 is 11.1 Å². The zero-order chi connectivity index (χ0) is 19.4. The highest BCUT2D eigenvalue weighted by molar-refractivity contribution is 8.18. The van der Waals surface area contributed by atoms with Crippen LogP contribution >= 0.6 is 35.0 Å². The van der Waals surface area contributed by atoms with Crippen LogP contribution in [0.5, 0.6) is 0 Å². The summed E-state index contributed by atoms with van der Waals surface area (Å²) in [5.74, 6) is -0.756. The topological polar surface area (TPSA) is 79.4 Å². The Labute approximate surface area is 169 Å². The molecule has 1 N–H and O–H groups in total. The number of nitrogens with zero attached hydrogens (tertiary/aromatic N) is 2. The monoisotopic (exact) mass is 421 g/mol. The van der Waals surface area contributed by atoms with Crippen molar-refractivity contribution in [2.45, 2.75) is 0 Å². The molecule has 138 valence electrons. The van der Waals surface area contributed by atoms with Gasteiger partial charge in [-0.3, -0.25) is 24.3 Å². The summed E-state index contributed by atoms with van der Waals surface area (Å²) in [4.78, 5) is 41.8. The van der Waals surface area contributed by atoms with E-state index in [0.717, 1.165) is 16.7 Å². The van der Waals surface area contributed by atoms with Gasteiger partial charge < -0.3 is 5.32 Å². The first-order chi connectivity index (χ1) is 13.0. The zero-order valence-electron chi connectivity index (χ0n) is 13.8. The number of benzene rings is 1. The summed E-state index contributed by atoms with van der Waals surface area (Å²) < 4.78 is 0. The van der Waals surface area contributed by atoms with Gasteiger partial charge in [-0.25, -0.2) is 0 Å². The lowest BCUT2D eigenvalue weighted by Crippen LogP contribution is -2.37. The number of carbonyl (C=O) groups is 3. The first-order valence-electron chi connectivity index (χ1n) is 7.85. The van der Waals surface area contributed by atoms with Crippen molar-refractivity contribution in [3.8, 4) is 0 Å². The van der Waals surface area contributed by atoms with Gasteiger partial charge >= 0.3 is 0 Å². The van der Waals surface area contributed by atoms with Crippen molar-refractivity contribution < 1.29 is 14.4 Å². The summed E-state index contributed by atoms with van der Waals surface area (Å²) in [7, 11) is 0. The van der Waals surface area contributed by atoms with Crippen LogP contribution in [-0.2, 0) is 4.79 Å². The van der Waals surface area contributed by atoms with Crippen LogP contribution in [0.3, 0.4) is 0 Å². The van der Waals surface area contributed by atoms with E-state index in [9.17, 15) is 14.4 Å². The van der Waals surface area contributed by atoms with Crippen molar-refractivity contribution in [2.75, 3.05) is 13.1 Å². The van der Waals surface area contributed by atoms with Crippen LogP contribution in [0, 0.1) is 0 Å². The molecule has 3 amide bonds. The number of pyridine rings is 1. The van der Waals surface area contributed by atoms with Crippen molar-refractivity contribution in [3.05, 3.63) is 68.8 Å². The Kier molecular flexibility index (Phi) is 6.15. The van der Waals surface area contributed by atoms with Gasteiger partial charge in [0.25, 0.3) is 17.1 Å². The summed E-state index contributed by atoms with van der Waals surface area (Å²) in [5, 5.41) is 2.93. The van der Waals surface area contributed by atoms with E-state index >= 15 is 0 Å². The molecule has 1 fully saturated rings. The molecule has 1 saturated heterocycles. The van der Waals surface area contributed by atoms with Gasteiger partial charge in [-0.05, 0) is 41.6 Å². The van der Waals surface area contributed by atoms with Gasteiger partial charge in [0.2, 0.25) is 0 Å². The Hall–Kier alpha value is -2.35. The maximum absolute atomic E-state index is 12.5. The van der Waals surface area contributed by atoms with E-state index in [4.69, 9.17) is 23.2 Å². The van der Waals surface area contributed by atoms with Gasteiger partial charge in [0, 0.05) is 25.5 Å². The Balaban J connectivity index is 1.63. The normalized spacial score (nSPS) is 15.5. The standard InChI is InChI=1S/C18H13Cl2N3O3S/c19-13-5-1-3-11(15(13)20)9-14-17(25)23(18(26)27-14)8-7-22-16(24)12-4-2-6-21-10-12/h1-6,9-10H,7-8H2,(H,22,24)/b14-9-. The van der Waals surface area contributed by atoms with E-state index in [0.29, 0.717) is 21.2 Å². The van der Waals surface area contributed by atoms with Crippen molar-refractivity contribution >= 4 is 58.1 Å². The van der Waals surface area contributed by atoms with Crippen LogP contribution < -0.4 is 5.32 Å². The molecule has 0 aliphatic carbocycles. The van der Waals surface area contributed by atoms with E-state index in [2.05, 4.69) is 10.3 Å². The van der Waals surface area contributed by atoms with Gasteiger partial charge in [-0.15, -0.1) is 0 Å². The fourth-order valence-electron chi connectivity index (χ4n) is 2.35. The molecule has 1 aromatic heterocycles. The average Bonchev–Trinajstić information content (AvgIpc) is 2.93. The number of rotatable bonds is 5. The third-order valence-electron chi connectivity index (χ3n) is 3.69. The summed E-state index contributed by atoms with van der Waals surface area (Å²) in [6, 6.07) is 8.32. The second-order valence-corrected chi connectivity index (χ2v) is 7.25. The highest BCUT2D eigenvalue weighted by atomic mass is 35.5. The van der Waals surface area contributed by atoms with E-state index in [-0.39, 0.29) is 23.9 Å². The molecule has 2 heterocycles. The Morgan fingerprint density at radius 2 is 2.04 bits per heavy atom. The van der Waals surface area contributed by atoms with Crippen LogP contribution in [0.1, 0.15) is 15.9 Å². The van der Waals surface area contributed by atoms with Gasteiger partial charge in [-0.2, -0.15) is 0 Å². The maximum atomic E-state index is 12.5. The second-order valence-electron chi connectivity index (χ2n) is 5.47. The molecule has 6 nitrogen and oxygen atoms in total. The number of carbonyl (C=O) groups excluding carboxylic acids is 3. The van der Waals surface area contributed by atoms with Crippen LogP contribution in [0.15, 0.2) is 47.6 Å². The molecule has 0 unspecified atom stereocenters. The number of thioether (sulfide) groups is 1. The number of hydrogen-bond acceptors (Lipinski definition) is 5. The quantitative estimate of drug-likeness (QED) is 0.741. The van der Waals surface area contributed by atoms with E-state index in [1.807, 2.05) is 0 Å². The lowest BCUT2D eigenvalue weighted by atomic mass is 10.2. The minimum atomic E-state index is -0.434. The highest BCUT2D eigenvalue weighted by Crippen LogP contribution is 2.34. The van der Waals surface area contributed by atoms with Crippen molar-refractivity contribution in [1.29, 1.82) is 0 Å². The third kappa shape index (κ3) is 4.50. The lowest BCUT2D eigenvalue weighted by molar-refractivity contribution is -0.122. The molecule has 2 aromatic rings. The third-order valence-corrected chi connectivity index (χ3v) is 5.43. The Bertz CT molecular complexity index is 935. The predicted octanol–water partition coefficient (Wildman–Crippen LogP) is 3.85. The number of amides is 3. The molecule has 0 radical (unpaired) electrons. The molecule has 1 aromatic carbocycles. The first kappa shape index (κ1) is 19.4. The van der Waals surface area contributed by atoms with Crippen molar-refractivity contribution in [1.82, 2.24) is 15.2 Å². The SMILES string of the molecule is O=C(NCCN1C(=O)S/C(=C\c2cccc(Cl)c2Cl)C1=O)c1cccnc1. The second kappa shape index (κ2) is 8.56. The van der Waals surface area contributed by atoms with E-state index in [1.165, 1.54) is 12.3 Å². The molecule has 0 saturated carbocycles. The zero-order valence-corrected chi connectivity index (χ0v) is 16.1. The van der Waals surface area contributed by atoms with Crippen LogP contribution in [0.4, 0.5) is 4.79 Å². The fourth-order valence-corrected chi connectivity index (χ4v) is 3.56. The van der Waals surface area contributed by atoms with E-state index in [1.54, 1.807) is 36.5 Å². The van der Waals surface area contributed by atoms with Crippen LogP contribution in [-0.4, -0.2) is 40.0 Å². The molecule has 1 aliphatic rings. The number of halogens is 2. The number of nitrogens with one attached hydrogen (secondary N) is 1. The molecule has 27 heavy (non-hydrogen) atoms. The van der Waals surface area contributed by atoms with Crippen molar-refractivity contribution in [2.24, 2.45) is 0 Å². The molecule has 0 bridgehead atoms. The Morgan fingerprint density at radius 3 is 2.78 bits per heavy atom. The lowest BCUT2D eigenvalue weighted by Gasteiger charge is -2.13. The maximum Gasteiger partial charge on any atom is 0.293 e.